The van der Waals surface area contributed by atoms with Gasteiger partial charge in [-0.05, 0) is 105 Å². The van der Waals surface area contributed by atoms with Crippen LogP contribution in [0.3, 0.4) is 0 Å². The lowest BCUT2D eigenvalue weighted by Gasteiger charge is -2.59. The first kappa shape index (κ1) is 21.9. The van der Waals surface area contributed by atoms with Crippen LogP contribution in [-0.4, -0.2) is 13.1 Å². The maximum atomic E-state index is 3.53. The van der Waals surface area contributed by atoms with Crippen LogP contribution in [0.1, 0.15) is 105 Å². The van der Waals surface area contributed by atoms with E-state index in [4.69, 9.17) is 0 Å². The molecule has 1 nitrogen and oxygen atoms in total. The Balaban J connectivity index is 1.48. The molecule has 8 atom stereocenters. The summed E-state index contributed by atoms with van der Waals surface area (Å²) in [6.45, 7) is 12.8. The van der Waals surface area contributed by atoms with E-state index in [0.717, 1.165) is 35.5 Å². The standard InChI is InChI=1S/C28H49N/c1-19(2)8-7-9-20(3)24-12-13-25-23-11-10-21-18-22(29-6)14-16-27(21,4)26(23)15-17-28(24,25)5/h18-20,22-26,29H,7-17H2,1-6H3/t20-,22+,23+,24-,25+,26+,27+,28-/m1/s1. The molecule has 3 fully saturated rings. The zero-order chi connectivity index (χ0) is 20.8. The molecule has 0 saturated heterocycles. The SMILES string of the molecule is CN[C@@H]1C=C2CC[C@H]3[C@@H]4CC[C@H]([C@H](C)CCCC(C)C)[C@@]4(C)CC[C@@H]3[C@@]2(C)CC1. The molecule has 0 aliphatic heterocycles. The predicted molar refractivity (Wildman–Crippen MR) is 126 cm³/mol. The third-order valence-electron chi connectivity index (χ3n) is 10.7. The number of fused-ring (bicyclic) bond motifs is 5. The average Bonchev–Trinajstić information content (AvgIpc) is 3.04. The molecule has 1 N–H and O–H groups in total. The summed E-state index contributed by atoms with van der Waals surface area (Å²) in [6.07, 6.45) is 18.7. The zero-order valence-corrected chi connectivity index (χ0v) is 20.4. The molecule has 4 aliphatic carbocycles. The molecule has 0 radical (unpaired) electrons. The summed E-state index contributed by atoms with van der Waals surface area (Å²) in [5.41, 5.74) is 2.97. The highest BCUT2D eigenvalue weighted by Gasteiger charge is 2.59. The molecule has 0 spiro atoms. The van der Waals surface area contributed by atoms with E-state index >= 15 is 0 Å². The summed E-state index contributed by atoms with van der Waals surface area (Å²) in [5.74, 6) is 5.78. The van der Waals surface area contributed by atoms with E-state index in [9.17, 15) is 0 Å². The Bertz CT molecular complexity index is 605. The second kappa shape index (κ2) is 8.33. The topological polar surface area (TPSA) is 12.0 Å². The van der Waals surface area contributed by atoms with Crippen molar-refractivity contribution in [2.75, 3.05) is 7.05 Å². The Labute approximate surface area is 181 Å². The first-order valence-corrected chi connectivity index (χ1v) is 13.2. The van der Waals surface area contributed by atoms with Crippen molar-refractivity contribution in [1.82, 2.24) is 5.32 Å². The lowest BCUT2D eigenvalue weighted by atomic mass is 9.46. The van der Waals surface area contributed by atoms with Crippen LogP contribution in [0.15, 0.2) is 11.6 Å². The largest absolute Gasteiger partial charge is 0.314 e. The van der Waals surface area contributed by atoms with Gasteiger partial charge in [0.05, 0.1) is 0 Å². The van der Waals surface area contributed by atoms with Crippen LogP contribution < -0.4 is 5.32 Å². The normalized spacial score (nSPS) is 45.3. The fourth-order valence-electron chi connectivity index (χ4n) is 8.98. The Morgan fingerprint density at radius 3 is 2.48 bits per heavy atom. The maximum Gasteiger partial charge on any atom is 0.0250 e. The van der Waals surface area contributed by atoms with Crippen LogP contribution in [-0.2, 0) is 0 Å². The number of rotatable bonds is 6. The van der Waals surface area contributed by atoms with Gasteiger partial charge in [-0.25, -0.2) is 0 Å². The summed E-state index contributed by atoms with van der Waals surface area (Å²) in [6, 6.07) is 0.631. The molecule has 4 rings (SSSR count). The van der Waals surface area contributed by atoms with E-state index in [-0.39, 0.29) is 0 Å². The molecule has 0 bridgehead atoms. The molecule has 166 valence electrons. The molecule has 0 aromatic heterocycles. The van der Waals surface area contributed by atoms with Gasteiger partial charge in [0.25, 0.3) is 0 Å². The van der Waals surface area contributed by atoms with Crippen molar-refractivity contribution >= 4 is 0 Å². The van der Waals surface area contributed by atoms with Gasteiger partial charge in [-0.2, -0.15) is 0 Å². The lowest BCUT2D eigenvalue weighted by molar-refractivity contribution is -0.0599. The number of hydrogen-bond acceptors (Lipinski definition) is 1. The average molecular weight is 400 g/mol. The van der Waals surface area contributed by atoms with Gasteiger partial charge in [-0.3, -0.25) is 0 Å². The first-order chi connectivity index (χ1) is 13.8. The van der Waals surface area contributed by atoms with Gasteiger partial charge < -0.3 is 5.32 Å². The van der Waals surface area contributed by atoms with E-state index in [1.807, 2.05) is 5.57 Å². The van der Waals surface area contributed by atoms with Crippen LogP contribution in [0.4, 0.5) is 0 Å². The third kappa shape index (κ3) is 3.77. The summed E-state index contributed by atoms with van der Waals surface area (Å²) in [5, 5.41) is 3.53. The minimum absolute atomic E-state index is 0.512. The Hall–Kier alpha value is -0.300. The first-order valence-electron chi connectivity index (χ1n) is 13.2. The van der Waals surface area contributed by atoms with Gasteiger partial charge in [-0.1, -0.05) is 65.5 Å². The molecule has 29 heavy (non-hydrogen) atoms. The van der Waals surface area contributed by atoms with Gasteiger partial charge in [0.15, 0.2) is 0 Å². The fourth-order valence-corrected chi connectivity index (χ4v) is 8.98. The maximum absolute atomic E-state index is 3.53. The molecule has 0 aromatic carbocycles. The fraction of sp³-hybridized carbons (Fsp3) is 0.929. The second-order valence-corrected chi connectivity index (χ2v) is 12.5. The van der Waals surface area contributed by atoms with Gasteiger partial charge in [0.1, 0.15) is 0 Å². The highest BCUT2D eigenvalue weighted by Crippen LogP contribution is 2.67. The molecule has 3 saturated carbocycles. The quantitative estimate of drug-likeness (QED) is 0.453. The van der Waals surface area contributed by atoms with Crippen molar-refractivity contribution in [1.29, 1.82) is 0 Å². The van der Waals surface area contributed by atoms with Crippen molar-refractivity contribution in [2.45, 2.75) is 111 Å². The van der Waals surface area contributed by atoms with Crippen LogP contribution in [0.25, 0.3) is 0 Å². The van der Waals surface area contributed by atoms with Crippen LogP contribution in [0.2, 0.25) is 0 Å². The van der Waals surface area contributed by atoms with E-state index in [1.165, 1.54) is 70.6 Å². The summed E-state index contributed by atoms with van der Waals surface area (Å²) in [7, 11) is 2.14. The van der Waals surface area contributed by atoms with E-state index in [1.54, 1.807) is 0 Å². The van der Waals surface area contributed by atoms with Crippen LogP contribution >= 0.6 is 0 Å². The van der Waals surface area contributed by atoms with Gasteiger partial charge >= 0.3 is 0 Å². The van der Waals surface area contributed by atoms with Crippen LogP contribution in [0, 0.1) is 46.3 Å². The van der Waals surface area contributed by atoms with Gasteiger partial charge in [0, 0.05) is 6.04 Å². The van der Waals surface area contributed by atoms with E-state index in [2.05, 4.69) is 53.1 Å². The highest BCUT2D eigenvalue weighted by molar-refractivity contribution is 5.26. The molecule has 0 amide bonds. The van der Waals surface area contributed by atoms with Crippen molar-refractivity contribution in [3.05, 3.63) is 11.6 Å². The summed E-state index contributed by atoms with van der Waals surface area (Å²) >= 11 is 0. The van der Waals surface area contributed by atoms with Crippen molar-refractivity contribution in [3.63, 3.8) is 0 Å². The summed E-state index contributed by atoms with van der Waals surface area (Å²) in [4.78, 5) is 0. The molecule has 4 aliphatic rings. The van der Waals surface area contributed by atoms with Crippen LogP contribution in [0.5, 0.6) is 0 Å². The van der Waals surface area contributed by atoms with Gasteiger partial charge in [-0.15, -0.1) is 0 Å². The minimum Gasteiger partial charge on any atom is -0.314 e. The molecule has 0 heterocycles. The van der Waals surface area contributed by atoms with E-state index in [0.29, 0.717) is 16.9 Å². The Morgan fingerprint density at radius 1 is 0.966 bits per heavy atom. The smallest absolute Gasteiger partial charge is 0.0250 e. The monoisotopic (exact) mass is 399 g/mol. The van der Waals surface area contributed by atoms with E-state index < -0.39 is 0 Å². The van der Waals surface area contributed by atoms with Crippen molar-refractivity contribution in [2.24, 2.45) is 46.3 Å². The Morgan fingerprint density at radius 2 is 1.76 bits per heavy atom. The Kier molecular flexibility index (Phi) is 6.29. The zero-order valence-electron chi connectivity index (χ0n) is 20.4. The number of likely N-dealkylation sites (N-methyl/N-ethyl adjacent to an activating group) is 1. The lowest BCUT2D eigenvalue weighted by Crippen LogP contribution is -2.51. The number of hydrogen-bond donors (Lipinski definition) is 1. The predicted octanol–water partition coefficient (Wildman–Crippen LogP) is 7.62. The second-order valence-electron chi connectivity index (χ2n) is 12.5. The highest BCUT2D eigenvalue weighted by atomic mass is 14.9. The molecular formula is C28H49N. The van der Waals surface area contributed by atoms with Crippen molar-refractivity contribution in [3.8, 4) is 0 Å². The number of nitrogens with one attached hydrogen (secondary N) is 1. The molecule has 1 heteroatoms. The minimum atomic E-state index is 0.512. The molecular weight excluding hydrogens is 350 g/mol. The van der Waals surface area contributed by atoms with Gasteiger partial charge in [0.2, 0.25) is 0 Å². The third-order valence-corrected chi connectivity index (χ3v) is 10.7. The van der Waals surface area contributed by atoms with Crippen molar-refractivity contribution < 1.29 is 0 Å². The molecule has 0 unspecified atom stereocenters. The summed E-state index contributed by atoms with van der Waals surface area (Å²) < 4.78 is 0. The molecule has 0 aromatic rings. The number of allylic oxidation sites excluding steroid dienone is 1.